The minimum absolute atomic E-state index is 0.161. The minimum atomic E-state index is -0.434. The summed E-state index contributed by atoms with van der Waals surface area (Å²) < 4.78 is 0. The third-order valence-corrected chi connectivity index (χ3v) is 1.74. The summed E-state index contributed by atoms with van der Waals surface area (Å²) >= 11 is 0. The normalized spacial score (nSPS) is 26.2. The zero-order valence-electron chi connectivity index (χ0n) is 8.05. The first-order valence-electron chi connectivity index (χ1n) is 4.34. The van der Waals surface area contributed by atoms with E-state index in [1.54, 1.807) is 13.0 Å². The van der Waals surface area contributed by atoms with Gasteiger partial charge in [-0.05, 0) is 12.8 Å². The largest absolute Gasteiger partial charge is 0.339 e. The van der Waals surface area contributed by atoms with Gasteiger partial charge in [0.1, 0.15) is 11.7 Å². The minimum Gasteiger partial charge on any atom is -0.339 e. The van der Waals surface area contributed by atoms with Crippen molar-refractivity contribution in [3.8, 4) is 0 Å². The molecule has 4 heteroatoms. The Morgan fingerprint density at radius 1 is 1.38 bits per heavy atom. The molecule has 1 aliphatic heterocycles. The number of nitrogens with one attached hydrogen (secondary N) is 2. The van der Waals surface area contributed by atoms with E-state index < -0.39 is 6.04 Å². The molecular weight excluding hydrogens is 168 g/mol. The van der Waals surface area contributed by atoms with E-state index in [9.17, 15) is 9.59 Å². The van der Waals surface area contributed by atoms with Crippen LogP contribution in [0.1, 0.15) is 20.8 Å². The number of allylic oxidation sites excluding steroid dienone is 1. The average Bonchev–Trinajstić information content (AvgIpc) is 1.99. The number of hydrogen-bond donors (Lipinski definition) is 2. The first-order valence-corrected chi connectivity index (χ1v) is 4.34. The van der Waals surface area contributed by atoms with Crippen molar-refractivity contribution in [2.24, 2.45) is 5.92 Å². The maximum atomic E-state index is 11.3. The molecule has 1 atom stereocenters. The molecule has 0 spiro atoms. The van der Waals surface area contributed by atoms with E-state index in [0.717, 1.165) is 0 Å². The van der Waals surface area contributed by atoms with Crippen LogP contribution in [0.5, 0.6) is 0 Å². The molecule has 1 heterocycles. The number of hydrogen-bond acceptors (Lipinski definition) is 2. The second kappa shape index (κ2) is 3.60. The summed E-state index contributed by atoms with van der Waals surface area (Å²) in [5.41, 5.74) is 0.359. The summed E-state index contributed by atoms with van der Waals surface area (Å²) in [5, 5.41) is 5.12. The fourth-order valence-electron chi connectivity index (χ4n) is 1.09. The van der Waals surface area contributed by atoms with Crippen molar-refractivity contribution in [3.63, 3.8) is 0 Å². The van der Waals surface area contributed by atoms with Gasteiger partial charge in [-0.2, -0.15) is 0 Å². The maximum absolute atomic E-state index is 11.3. The zero-order chi connectivity index (χ0) is 10.0. The van der Waals surface area contributed by atoms with E-state index in [4.69, 9.17) is 0 Å². The van der Waals surface area contributed by atoms with Gasteiger partial charge < -0.3 is 10.6 Å². The highest BCUT2D eigenvalue weighted by atomic mass is 16.2. The summed E-state index contributed by atoms with van der Waals surface area (Å²) in [6, 6.07) is -0.434. The van der Waals surface area contributed by atoms with Gasteiger partial charge in [0.15, 0.2) is 0 Å². The van der Waals surface area contributed by atoms with Crippen molar-refractivity contribution in [2.45, 2.75) is 26.8 Å². The number of carbonyl (C=O) groups excluding carboxylic acids is 2. The Balaban J connectivity index is 2.78. The second-order valence-electron chi connectivity index (χ2n) is 3.51. The van der Waals surface area contributed by atoms with E-state index in [2.05, 4.69) is 10.6 Å². The van der Waals surface area contributed by atoms with Crippen molar-refractivity contribution < 1.29 is 9.59 Å². The van der Waals surface area contributed by atoms with Crippen LogP contribution in [-0.2, 0) is 9.59 Å². The van der Waals surface area contributed by atoms with Gasteiger partial charge in [-0.15, -0.1) is 0 Å². The van der Waals surface area contributed by atoms with Crippen molar-refractivity contribution in [3.05, 3.63) is 11.8 Å². The molecule has 4 nitrogen and oxygen atoms in total. The van der Waals surface area contributed by atoms with Gasteiger partial charge in [-0.1, -0.05) is 19.9 Å². The summed E-state index contributed by atoms with van der Waals surface area (Å²) in [4.78, 5) is 22.5. The van der Waals surface area contributed by atoms with Crippen LogP contribution in [0.25, 0.3) is 0 Å². The molecule has 1 aliphatic rings. The molecule has 0 aromatic rings. The third kappa shape index (κ3) is 2.31. The molecule has 2 amide bonds. The molecule has 1 rings (SSSR count). The SMILES string of the molecule is CC(C)/C=C1\NC(=O)C(C)NC1=O. The molecule has 0 radical (unpaired) electrons. The van der Waals surface area contributed by atoms with Gasteiger partial charge in [0.25, 0.3) is 5.91 Å². The highest BCUT2D eigenvalue weighted by Crippen LogP contribution is 2.04. The predicted molar refractivity (Wildman–Crippen MR) is 48.7 cm³/mol. The Morgan fingerprint density at radius 2 is 2.00 bits per heavy atom. The molecule has 0 aromatic carbocycles. The number of piperazine rings is 1. The number of carbonyl (C=O) groups is 2. The van der Waals surface area contributed by atoms with Gasteiger partial charge in [-0.25, -0.2) is 0 Å². The fourth-order valence-corrected chi connectivity index (χ4v) is 1.09. The Labute approximate surface area is 77.4 Å². The van der Waals surface area contributed by atoms with Crippen molar-refractivity contribution in [1.82, 2.24) is 10.6 Å². The maximum Gasteiger partial charge on any atom is 0.268 e. The molecule has 2 N–H and O–H groups in total. The van der Waals surface area contributed by atoms with Gasteiger partial charge in [0.2, 0.25) is 5.91 Å². The van der Waals surface area contributed by atoms with Crippen LogP contribution in [-0.4, -0.2) is 17.9 Å². The summed E-state index contributed by atoms with van der Waals surface area (Å²) in [6.07, 6.45) is 1.74. The van der Waals surface area contributed by atoms with E-state index in [-0.39, 0.29) is 17.7 Å². The Kier molecular flexibility index (Phi) is 2.70. The van der Waals surface area contributed by atoms with Crippen LogP contribution in [0.3, 0.4) is 0 Å². The molecule has 72 valence electrons. The summed E-state index contributed by atoms with van der Waals surface area (Å²) in [6.45, 7) is 5.55. The summed E-state index contributed by atoms with van der Waals surface area (Å²) in [5.74, 6) is -0.123. The van der Waals surface area contributed by atoms with Crippen molar-refractivity contribution >= 4 is 11.8 Å². The highest BCUT2D eigenvalue weighted by molar-refractivity contribution is 6.04. The first kappa shape index (κ1) is 9.77. The monoisotopic (exact) mass is 182 g/mol. The topological polar surface area (TPSA) is 58.2 Å². The first-order chi connectivity index (χ1) is 6.00. The van der Waals surface area contributed by atoms with Crippen molar-refractivity contribution in [2.75, 3.05) is 0 Å². The van der Waals surface area contributed by atoms with E-state index in [0.29, 0.717) is 5.70 Å². The molecule has 1 saturated heterocycles. The lowest BCUT2D eigenvalue weighted by molar-refractivity contribution is -0.130. The standard InChI is InChI=1S/C9H14N2O2/c1-5(2)4-7-9(13)10-6(3)8(12)11-7/h4-6H,1-3H3,(H,10,13)(H,11,12)/b7-4-. The smallest absolute Gasteiger partial charge is 0.268 e. The van der Waals surface area contributed by atoms with E-state index in [1.165, 1.54) is 0 Å². The molecular formula is C9H14N2O2. The molecule has 1 fully saturated rings. The molecule has 1 unspecified atom stereocenters. The molecule has 0 saturated carbocycles. The second-order valence-corrected chi connectivity index (χ2v) is 3.51. The molecule has 0 bridgehead atoms. The summed E-state index contributed by atoms with van der Waals surface area (Å²) in [7, 11) is 0. The molecule has 0 aromatic heterocycles. The number of rotatable bonds is 1. The Bertz CT molecular complexity index is 269. The lowest BCUT2D eigenvalue weighted by atomic mass is 10.1. The molecule has 0 aliphatic carbocycles. The van der Waals surface area contributed by atoms with Gasteiger partial charge >= 0.3 is 0 Å². The third-order valence-electron chi connectivity index (χ3n) is 1.74. The number of amides is 2. The Morgan fingerprint density at radius 3 is 2.54 bits per heavy atom. The quantitative estimate of drug-likeness (QED) is 0.567. The van der Waals surface area contributed by atoms with Gasteiger partial charge in [0.05, 0.1) is 0 Å². The van der Waals surface area contributed by atoms with E-state index in [1.807, 2.05) is 13.8 Å². The van der Waals surface area contributed by atoms with Crippen LogP contribution in [0.4, 0.5) is 0 Å². The van der Waals surface area contributed by atoms with Crippen LogP contribution in [0.2, 0.25) is 0 Å². The lowest BCUT2D eigenvalue weighted by Gasteiger charge is -2.22. The van der Waals surface area contributed by atoms with Crippen LogP contribution in [0, 0.1) is 5.92 Å². The van der Waals surface area contributed by atoms with Crippen LogP contribution >= 0.6 is 0 Å². The highest BCUT2D eigenvalue weighted by Gasteiger charge is 2.25. The van der Waals surface area contributed by atoms with Crippen molar-refractivity contribution in [1.29, 1.82) is 0 Å². The van der Waals surface area contributed by atoms with Gasteiger partial charge in [-0.3, -0.25) is 9.59 Å². The van der Waals surface area contributed by atoms with Crippen LogP contribution < -0.4 is 10.6 Å². The fraction of sp³-hybridized carbons (Fsp3) is 0.556. The zero-order valence-corrected chi connectivity index (χ0v) is 8.05. The molecule has 13 heavy (non-hydrogen) atoms. The Hall–Kier alpha value is -1.32. The van der Waals surface area contributed by atoms with E-state index >= 15 is 0 Å². The average molecular weight is 182 g/mol. The van der Waals surface area contributed by atoms with Gasteiger partial charge in [0, 0.05) is 0 Å². The lowest BCUT2D eigenvalue weighted by Crippen LogP contribution is -2.53. The van der Waals surface area contributed by atoms with Crippen LogP contribution in [0.15, 0.2) is 11.8 Å². The predicted octanol–water partition coefficient (Wildman–Crippen LogP) is 0.161.